The summed E-state index contributed by atoms with van der Waals surface area (Å²) in [6.45, 7) is 1.93. The molecule has 0 radical (unpaired) electrons. The second-order valence-corrected chi connectivity index (χ2v) is 5.86. The van der Waals surface area contributed by atoms with Crippen molar-refractivity contribution in [3.63, 3.8) is 0 Å². The SMILES string of the molecule is O=C(N[C@H]1CCNC1)C1Cc2ccccc2S1. The Labute approximate surface area is 105 Å². The van der Waals surface area contributed by atoms with Gasteiger partial charge in [0.25, 0.3) is 0 Å². The minimum Gasteiger partial charge on any atom is -0.351 e. The average Bonchev–Trinajstić information content (AvgIpc) is 2.96. The summed E-state index contributed by atoms with van der Waals surface area (Å²) in [6, 6.07) is 8.62. The highest BCUT2D eigenvalue weighted by Gasteiger charge is 2.29. The average molecular weight is 248 g/mol. The van der Waals surface area contributed by atoms with Crippen LogP contribution in [-0.2, 0) is 11.2 Å². The predicted molar refractivity (Wildman–Crippen MR) is 69.2 cm³/mol. The molecule has 3 rings (SSSR count). The fourth-order valence-electron chi connectivity index (χ4n) is 2.40. The number of fused-ring (bicyclic) bond motifs is 1. The van der Waals surface area contributed by atoms with Crippen LogP contribution in [0.5, 0.6) is 0 Å². The lowest BCUT2D eigenvalue weighted by molar-refractivity contribution is -0.121. The van der Waals surface area contributed by atoms with E-state index in [-0.39, 0.29) is 11.2 Å². The summed E-state index contributed by atoms with van der Waals surface area (Å²) in [6.07, 6.45) is 1.92. The van der Waals surface area contributed by atoms with Crippen LogP contribution in [0.15, 0.2) is 29.2 Å². The lowest BCUT2D eigenvalue weighted by Crippen LogP contribution is -2.41. The van der Waals surface area contributed by atoms with E-state index in [9.17, 15) is 4.79 Å². The lowest BCUT2D eigenvalue weighted by Gasteiger charge is -2.14. The summed E-state index contributed by atoms with van der Waals surface area (Å²) < 4.78 is 0. The second-order valence-electron chi connectivity index (χ2n) is 4.62. The van der Waals surface area contributed by atoms with Crippen LogP contribution in [-0.4, -0.2) is 30.3 Å². The van der Waals surface area contributed by atoms with Gasteiger partial charge in [-0.15, -0.1) is 11.8 Å². The van der Waals surface area contributed by atoms with Crippen molar-refractivity contribution in [2.45, 2.75) is 29.0 Å². The van der Waals surface area contributed by atoms with Gasteiger partial charge in [0.2, 0.25) is 5.91 Å². The van der Waals surface area contributed by atoms with Crippen molar-refractivity contribution in [1.82, 2.24) is 10.6 Å². The second kappa shape index (κ2) is 4.70. The first-order chi connectivity index (χ1) is 8.33. The van der Waals surface area contributed by atoms with Crippen molar-refractivity contribution >= 4 is 17.7 Å². The van der Waals surface area contributed by atoms with E-state index in [1.807, 2.05) is 12.1 Å². The van der Waals surface area contributed by atoms with Gasteiger partial charge in [-0.2, -0.15) is 0 Å². The molecule has 3 nitrogen and oxygen atoms in total. The summed E-state index contributed by atoms with van der Waals surface area (Å²) >= 11 is 1.70. The normalized spacial score (nSPS) is 26.8. The van der Waals surface area contributed by atoms with Crippen LogP contribution in [0.1, 0.15) is 12.0 Å². The molecule has 0 aliphatic carbocycles. The molecule has 2 atom stereocenters. The number of thioether (sulfide) groups is 1. The molecule has 0 aromatic heterocycles. The Morgan fingerprint density at radius 2 is 2.29 bits per heavy atom. The molecule has 0 spiro atoms. The molecular formula is C13H16N2OS. The van der Waals surface area contributed by atoms with Gasteiger partial charge in [-0.3, -0.25) is 4.79 Å². The van der Waals surface area contributed by atoms with E-state index in [2.05, 4.69) is 22.8 Å². The maximum absolute atomic E-state index is 12.1. The predicted octanol–water partition coefficient (Wildman–Crippen LogP) is 1.18. The van der Waals surface area contributed by atoms with Crippen LogP contribution in [0, 0.1) is 0 Å². The quantitative estimate of drug-likeness (QED) is 0.826. The highest BCUT2D eigenvalue weighted by Crippen LogP contribution is 2.36. The highest BCUT2D eigenvalue weighted by atomic mass is 32.2. The molecule has 0 saturated carbocycles. The number of amides is 1. The van der Waals surface area contributed by atoms with Crippen LogP contribution in [0.3, 0.4) is 0 Å². The number of rotatable bonds is 2. The van der Waals surface area contributed by atoms with Gasteiger partial charge in [0.05, 0.1) is 5.25 Å². The molecule has 17 heavy (non-hydrogen) atoms. The van der Waals surface area contributed by atoms with Crippen LogP contribution < -0.4 is 10.6 Å². The smallest absolute Gasteiger partial charge is 0.234 e. The van der Waals surface area contributed by atoms with Crippen molar-refractivity contribution in [1.29, 1.82) is 0 Å². The summed E-state index contributed by atoms with van der Waals surface area (Å²) in [7, 11) is 0. The Kier molecular flexibility index (Phi) is 3.07. The third-order valence-corrected chi connectivity index (χ3v) is 4.66. The highest BCUT2D eigenvalue weighted by molar-refractivity contribution is 8.01. The number of hydrogen-bond acceptors (Lipinski definition) is 3. The molecule has 4 heteroatoms. The molecule has 1 unspecified atom stereocenters. The topological polar surface area (TPSA) is 41.1 Å². The van der Waals surface area contributed by atoms with Gasteiger partial charge < -0.3 is 10.6 Å². The maximum atomic E-state index is 12.1. The zero-order valence-electron chi connectivity index (χ0n) is 9.61. The summed E-state index contributed by atoms with van der Waals surface area (Å²) in [5.74, 6) is 0.194. The van der Waals surface area contributed by atoms with Crippen LogP contribution >= 0.6 is 11.8 Å². The van der Waals surface area contributed by atoms with Crippen LogP contribution in [0.2, 0.25) is 0 Å². The van der Waals surface area contributed by atoms with Crippen molar-refractivity contribution in [2.24, 2.45) is 0 Å². The summed E-state index contributed by atoms with van der Waals surface area (Å²) in [5.41, 5.74) is 1.31. The molecule has 1 saturated heterocycles. The van der Waals surface area contributed by atoms with Gasteiger partial charge in [-0.1, -0.05) is 18.2 Å². The zero-order chi connectivity index (χ0) is 11.7. The van der Waals surface area contributed by atoms with Gasteiger partial charge in [0.15, 0.2) is 0 Å². The number of hydrogen-bond donors (Lipinski definition) is 2. The molecule has 1 aromatic carbocycles. The van der Waals surface area contributed by atoms with E-state index in [4.69, 9.17) is 0 Å². The van der Waals surface area contributed by atoms with Crippen molar-refractivity contribution in [3.8, 4) is 0 Å². The van der Waals surface area contributed by atoms with E-state index in [0.29, 0.717) is 6.04 Å². The Balaban J connectivity index is 1.62. The monoisotopic (exact) mass is 248 g/mol. The molecule has 90 valence electrons. The van der Waals surface area contributed by atoms with Gasteiger partial charge in [-0.25, -0.2) is 0 Å². The molecule has 1 aromatic rings. The molecule has 2 aliphatic heterocycles. The van der Waals surface area contributed by atoms with E-state index in [1.54, 1.807) is 11.8 Å². The fourth-order valence-corrected chi connectivity index (χ4v) is 3.60. The number of nitrogens with one attached hydrogen (secondary N) is 2. The first-order valence-electron chi connectivity index (χ1n) is 6.08. The Morgan fingerprint density at radius 1 is 1.41 bits per heavy atom. The number of benzene rings is 1. The lowest BCUT2D eigenvalue weighted by atomic mass is 10.1. The molecule has 2 N–H and O–H groups in total. The number of carbonyl (C=O) groups is 1. The standard InChI is InChI=1S/C13H16N2OS/c16-13(15-10-5-6-14-8-10)12-7-9-3-1-2-4-11(9)17-12/h1-4,10,12,14H,5-8H2,(H,15,16)/t10-,12?/m0/s1. The first-order valence-corrected chi connectivity index (χ1v) is 6.96. The fraction of sp³-hybridized carbons (Fsp3) is 0.462. The maximum Gasteiger partial charge on any atom is 0.234 e. The van der Waals surface area contributed by atoms with Crippen molar-refractivity contribution < 1.29 is 4.79 Å². The number of carbonyl (C=O) groups excluding carboxylic acids is 1. The zero-order valence-corrected chi connectivity index (χ0v) is 10.4. The molecule has 0 bridgehead atoms. The molecule has 1 fully saturated rings. The van der Waals surface area contributed by atoms with Crippen LogP contribution in [0.4, 0.5) is 0 Å². The van der Waals surface area contributed by atoms with E-state index in [1.165, 1.54) is 10.5 Å². The van der Waals surface area contributed by atoms with E-state index < -0.39 is 0 Å². The van der Waals surface area contributed by atoms with Gasteiger partial charge in [0.1, 0.15) is 0 Å². The Hall–Kier alpha value is -1.00. The van der Waals surface area contributed by atoms with E-state index >= 15 is 0 Å². The van der Waals surface area contributed by atoms with Crippen LogP contribution in [0.25, 0.3) is 0 Å². The van der Waals surface area contributed by atoms with Crippen molar-refractivity contribution in [2.75, 3.05) is 13.1 Å². The summed E-state index contributed by atoms with van der Waals surface area (Å²) in [5, 5.41) is 6.46. The van der Waals surface area contributed by atoms with E-state index in [0.717, 1.165) is 25.9 Å². The molecular weight excluding hydrogens is 232 g/mol. The third-order valence-electron chi connectivity index (χ3n) is 3.35. The Morgan fingerprint density at radius 3 is 3.06 bits per heavy atom. The van der Waals surface area contributed by atoms with Gasteiger partial charge >= 0.3 is 0 Å². The largest absolute Gasteiger partial charge is 0.351 e. The molecule has 2 heterocycles. The first kappa shape index (κ1) is 11.1. The van der Waals surface area contributed by atoms with Crippen molar-refractivity contribution in [3.05, 3.63) is 29.8 Å². The minimum atomic E-state index is 0.0630. The Bertz CT molecular complexity index is 404. The molecule has 2 aliphatic rings. The third kappa shape index (κ3) is 2.33. The van der Waals surface area contributed by atoms with Gasteiger partial charge in [-0.05, 0) is 31.0 Å². The van der Waals surface area contributed by atoms with Gasteiger partial charge in [0, 0.05) is 17.5 Å². The minimum absolute atomic E-state index is 0.0630. The summed E-state index contributed by atoms with van der Waals surface area (Å²) in [4.78, 5) is 13.4. The molecule has 1 amide bonds.